The van der Waals surface area contributed by atoms with Crippen molar-refractivity contribution in [3.05, 3.63) is 48.8 Å². The molecule has 0 aliphatic carbocycles. The number of hydrogen-bond donors (Lipinski definition) is 1. The molecular formula is C20H28N2O2S2+2. The number of thioether (sulfide) groups is 2. The van der Waals surface area contributed by atoms with Gasteiger partial charge in [0.25, 0.3) is 0 Å². The summed E-state index contributed by atoms with van der Waals surface area (Å²) in [5.41, 5.74) is 0. The lowest BCUT2D eigenvalue weighted by Crippen LogP contribution is -2.31. The van der Waals surface area contributed by atoms with Crippen LogP contribution in [0.3, 0.4) is 0 Å². The van der Waals surface area contributed by atoms with Crippen LogP contribution in [0.1, 0.15) is 32.1 Å². The molecular weight excluding hydrogens is 364 g/mol. The summed E-state index contributed by atoms with van der Waals surface area (Å²) in [5, 5.41) is 11.9. The molecule has 4 nitrogen and oxygen atoms in total. The average Bonchev–Trinajstić information content (AvgIpc) is 2.61. The van der Waals surface area contributed by atoms with E-state index < -0.39 is 5.97 Å². The normalized spacial score (nSPS) is 12.1. The van der Waals surface area contributed by atoms with E-state index in [1.54, 1.807) is 0 Å². The molecule has 0 fully saturated rings. The minimum Gasteiger partial charge on any atom is -0.481 e. The number of carbonyl (C=O) groups is 1. The zero-order valence-corrected chi connectivity index (χ0v) is 17.1. The summed E-state index contributed by atoms with van der Waals surface area (Å²) in [6.45, 7) is 0. The fourth-order valence-corrected chi connectivity index (χ4v) is 5.11. The molecule has 0 spiro atoms. The fraction of sp³-hybridized carbons (Fsp3) is 0.450. The van der Waals surface area contributed by atoms with Crippen LogP contribution >= 0.6 is 23.5 Å². The first-order valence-electron chi connectivity index (χ1n) is 8.97. The van der Waals surface area contributed by atoms with Crippen molar-refractivity contribution in [2.45, 2.75) is 47.4 Å². The van der Waals surface area contributed by atoms with Crippen molar-refractivity contribution in [3.8, 4) is 0 Å². The van der Waals surface area contributed by atoms with E-state index in [2.05, 4.69) is 59.9 Å². The topological polar surface area (TPSA) is 45.1 Å². The maximum atomic E-state index is 10.7. The van der Waals surface area contributed by atoms with Crippen molar-refractivity contribution >= 4 is 29.5 Å². The van der Waals surface area contributed by atoms with Gasteiger partial charge in [-0.25, -0.2) is 0 Å². The molecule has 0 aliphatic heterocycles. The predicted molar refractivity (Wildman–Crippen MR) is 106 cm³/mol. The maximum Gasteiger partial charge on any atom is 0.303 e. The quantitative estimate of drug-likeness (QED) is 0.360. The fourth-order valence-electron chi connectivity index (χ4n) is 2.66. The number of carboxylic acid groups (broad SMARTS) is 1. The summed E-state index contributed by atoms with van der Waals surface area (Å²) in [7, 11) is 4.15. The summed E-state index contributed by atoms with van der Waals surface area (Å²) in [6.07, 6.45) is 8.29. The maximum absolute atomic E-state index is 10.7. The van der Waals surface area contributed by atoms with E-state index >= 15 is 0 Å². The van der Waals surface area contributed by atoms with Gasteiger partial charge in [-0.2, -0.15) is 9.13 Å². The van der Waals surface area contributed by atoms with Gasteiger partial charge in [0.15, 0.2) is 12.4 Å². The van der Waals surface area contributed by atoms with Crippen LogP contribution in [0.5, 0.6) is 0 Å². The third-order valence-corrected chi connectivity index (χ3v) is 6.79. The molecule has 1 unspecified atom stereocenters. The van der Waals surface area contributed by atoms with Crippen LogP contribution in [0.25, 0.3) is 0 Å². The molecule has 0 radical (unpaired) electrons. The van der Waals surface area contributed by atoms with Gasteiger partial charge in [0.1, 0.15) is 14.1 Å². The van der Waals surface area contributed by atoms with Gasteiger partial charge in [-0.1, -0.05) is 29.9 Å². The molecule has 0 saturated heterocycles. The van der Waals surface area contributed by atoms with Gasteiger partial charge in [-0.05, 0) is 31.4 Å². The highest BCUT2D eigenvalue weighted by molar-refractivity contribution is 8.00. The number of carboxylic acids is 1. The molecule has 0 amide bonds. The van der Waals surface area contributed by atoms with E-state index in [0.717, 1.165) is 31.4 Å². The van der Waals surface area contributed by atoms with Crippen LogP contribution in [0.2, 0.25) is 0 Å². The number of aliphatic carboxylic acids is 1. The highest BCUT2D eigenvalue weighted by Crippen LogP contribution is 2.29. The lowest BCUT2D eigenvalue weighted by molar-refractivity contribution is -0.708. The van der Waals surface area contributed by atoms with E-state index in [9.17, 15) is 4.79 Å². The standard InChI is InChI=1S/C20H27N2O2S2/c1-21-14-7-5-10-18(21)25-16-13-17(9-3-4-12-20(23)24)26-19-11-6-8-15-22(19)2/h5-8,10-11,14-15,17H,3-4,9,12-13,16H2,1-2H3/q+1/p+1. The first-order valence-corrected chi connectivity index (χ1v) is 10.8. The van der Waals surface area contributed by atoms with Crippen LogP contribution in [-0.4, -0.2) is 22.1 Å². The Bertz CT molecular complexity index is 710. The minimum atomic E-state index is -0.698. The van der Waals surface area contributed by atoms with Crippen molar-refractivity contribution in [2.75, 3.05) is 5.75 Å². The summed E-state index contributed by atoms with van der Waals surface area (Å²) in [5.74, 6) is 0.362. The number of rotatable bonds is 11. The van der Waals surface area contributed by atoms with Crippen LogP contribution in [0, 0.1) is 0 Å². The Morgan fingerprint density at radius 3 is 2.27 bits per heavy atom. The van der Waals surface area contributed by atoms with Gasteiger partial charge in [0, 0.05) is 41.7 Å². The smallest absolute Gasteiger partial charge is 0.303 e. The Morgan fingerprint density at radius 1 is 1.00 bits per heavy atom. The summed E-state index contributed by atoms with van der Waals surface area (Å²) >= 11 is 3.79. The Morgan fingerprint density at radius 2 is 1.65 bits per heavy atom. The molecule has 26 heavy (non-hydrogen) atoms. The minimum absolute atomic E-state index is 0.269. The Labute approximate surface area is 164 Å². The molecule has 2 aromatic heterocycles. The molecule has 0 bridgehead atoms. The van der Waals surface area contributed by atoms with Crippen LogP contribution in [0.4, 0.5) is 0 Å². The van der Waals surface area contributed by atoms with Crippen LogP contribution < -0.4 is 9.13 Å². The molecule has 1 N–H and O–H groups in total. The SMILES string of the molecule is C[n+]1ccccc1SCCC(CCCCC(=O)O)Sc1cccc[n+]1C. The number of pyridine rings is 2. The molecule has 0 aliphatic rings. The lowest BCUT2D eigenvalue weighted by atomic mass is 10.1. The molecule has 140 valence electrons. The number of aryl methyl sites for hydroxylation is 2. The van der Waals surface area contributed by atoms with E-state index in [1.807, 2.05) is 35.7 Å². The Balaban J connectivity index is 1.90. The van der Waals surface area contributed by atoms with Gasteiger partial charge in [0.05, 0.1) is 0 Å². The second-order valence-corrected chi connectivity index (χ2v) is 8.75. The van der Waals surface area contributed by atoms with E-state index in [0.29, 0.717) is 5.25 Å². The van der Waals surface area contributed by atoms with Crippen molar-refractivity contribution in [3.63, 3.8) is 0 Å². The third-order valence-electron chi connectivity index (χ3n) is 4.16. The zero-order valence-electron chi connectivity index (χ0n) is 15.5. The van der Waals surface area contributed by atoms with Crippen molar-refractivity contribution in [1.82, 2.24) is 0 Å². The van der Waals surface area contributed by atoms with Crippen molar-refractivity contribution < 1.29 is 19.0 Å². The number of unbranched alkanes of at least 4 members (excludes halogenated alkanes) is 1. The monoisotopic (exact) mass is 392 g/mol. The highest BCUT2D eigenvalue weighted by Gasteiger charge is 2.17. The summed E-state index contributed by atoms with van der Waals surface area (Å²) < 4.78 is 4.30. The van der Waals surface area contributed by atoms with E-state index in [4.69, 9.17) is 5.11 Å². The average molecular weight is 393 g/mol. The van der Waals surface area contributed by atoms with E-state index in [-0.39, 0.29) is 6.42 Å². The Hall–Kier alpha value is -1.53. The van der Waals surface area contributed by atoms with Gasteiger partial charge >= 0.3 is 5.97 Å². The molecule has 2 heterocycles. The first kappa shape index (κ1) is 20.8. The highest BCUT2D eigenvalue weighted by atomic mass is 32.2. The molecule has 6 heteroatoms. The molecule has 0 aromatic carbocycles. The largest absolute Gasteiger partial charge is 0.481 e. The summed E-state index contributed by atoms with van der Waals surface area (Å²) in [4.78, 5) is 10.7. The number of aromatic nitrogens is 2. The van der Waals surface area contributed by atoms with Crippen LogP contribution in [-0.2, 0) is 18.9 Å². The van der Waals surface area contributed by atoms with Crippen molar-refractivity contribution in [1.29, 1.82) is 0 Å². The Kier molecular flexibility index (Phi) is 8.98. The molecule has 2 rings (SSSR count). The number of hydrogen-bond acceptors (Lipinski definition) is 3. The third kappa shape index (κ3) is 7.38. The lowest BCUT2D eigenvalue weighted by Gasteiger charge is -2.14. The van der Waals surface area contributed by atoms with Gasteiger partial charge < -0.3 is 5.11 Å². The van der Waals surface area contributed by atoms with Crippen LogP contribution in [0.15, 0.2) is 58.8 Å². The number of nitrogens with zero attached hydrogens (tertiary/aromatic N) is 2. The second-order valence-electron chi connectivity index (χ2n) is 6.32. The molecule has 1 atom stereocenters. The first-order chi connectivity index (χ1) is 12.6. The molecule has 2 aromatic rings. The van der Waals surface area contributed by atoms with Gasteiger partial charge in [0.2, 0.25) is 10.1 Å². The summed E-state index contributed by atoms with van der Waals surface area (Å²) in [6, 6.07) is 12.5. The molecule has 0 saturated carbocycles. The zero-order chi connectivity index (χ0) is 18.8. The van der Waals surface area contributed by atoms with Gasteiger partial charge in [-0.15, -0.1) is 0 Å². The predicted octanol–water partition coefficient (Wildman–Crippen LogP) is 3.62. The van der Waals surface area contributed by atoms with E-state index in [1.165, 1.54) is 10.1 Å². The second kappa shape index (κ2) is 11.2. The van der Waals surface area contributed by atoms with Gasteiger partial charge in [-0.3, -0.25) is 4.79 Å². The van der Waals surface area contributed by atoms with Crippen molar-refractivity contribution in [2.24, 2.45) is 14.1 Å².